The van der Waals surface area contributed by atoms with E-state index in [1.54, 1.807) is 13.8 Å². The number of nitrogens with zero attached hydrogens (tertiary/aromatic N) is 1. The van der Waals surface area contributed by atoms with E-state index in [4.69, 9.17) is 14.4 Å². The van der Waals surface area contributed by atoms with Gasteiger partial charge in [-0.2, -0.15) is 0 Å². The Labute approximate surface area is 104 Å². The molecule has 1 amide bonds. The van der Waals surface area contributed by atoms with Crippen molar-refractivity contribution in [1.82, 2.24) is 10.5 Å². The zero-order chi connectivity index (χ0) is 13.8. The minimum Gasteiger partial charge on any atom is -0.481 e. The van der Waals surface area contributed by atoms with Gasteiger partial charge in [0.25, 0.3) is 5.91 Å². The number of carboxylic acid groups (broad SMARTS) is 1. The van der Waals surface area contributed by atoms with Gasteiger partial charge in [-0.3, -0.25) is 9.59 Å². The molecule has 2 N–H and O–H groups in total. The van der Waals surface area contributed by atoms with Crippen molar-refractivity contribution in [2.45, 2.75) is 32.4 Å². The minimum atomic E-state index is -0.986. The van der Waals surface area contributed by atoms with Crippen LogP contribution in [0.5, 0.6) is 0 Å². The fraction of sp³-hybridized carbons (Fsp3) is 0.545. The molecule has 0 fully saturated rings. The molecule has 1 rings (SSSR count). The molecule has 7 nitrogen and oxygen atoms in total. The summed E-state index contributed by atoms with van der Waals surface area (Å²) in [7, 11) is 1.50. The first-order valence-corrected chi connectivity index (χ1v) is 5.33. The van der Waals surface area contributed by atoms with E-state index in [0.29, 0.717) is 5.76 Å². The Morgan fingerprint density at radius 1 is 1.56 bits per heavy atom. The average molecular weight is 256 g/mol. The maximum atomic E-state index is 11.8. The van der Waals surface area contributed by atoms with E-state index >= 15 is 0 Å². The van der Waals surface area contributed by atoms with Gasteiger partial charge >= 0.3 is 5.97 Å². The van der Waals surface area contributed by atoms with Gasteiger partial charge in [0.1, 0.15) is 6.61 Å². The summed E-state index contributed by atoms with van der Waals surface area (Å²) in [6, 6.07) is 1.45. The predicted molar refractivity (Wildman–Crippen MR) is 61.0 cm³/mol. The number of carboxylic acids is 1. The van der Waals surface area contributed by atoms with E-state index in [-0.39, 0.29) is 18.7 Å². The van der Waals surface area contributed by atoms with Crippen molar-refractivity contribution < 1.29 is 24.0 Å². The van der Waals surface area contributed by atoms with Crippen molar-refractivity contribution in [2.75, 3.05) is 7.11 Å². The lowest BCUT2D eigenvalue weighted by atomic mass is 10.0. The number of hydrogen-bond acceptors (Lipinski definition) is 5. The standard InChI is InChI=1S/C11H16N2O5/c1-11(2,5-9(14)15)12-10(16)8-4-7(6-17-3)18-13-8/h4H,5-6H2,1-3H3,(H,12,16)(H,14,15). The Hall–Kier alpha value is -1.89. The van der Waals surface area contributed by atoms with Crippen LogP contribution in [0.4, 0.5) is 0 Å². The molecule has 1 heterocycles. The predicted octanol–water partition coefficient (Wildman–Crippen LogP) is 0.804. The highest BCUT2D eigenvalue weighted by atomic mass is 16.5. The fourth-order valence-corrected chi connectivity index (χ4v) is 1.42. The summed E-state index contributed by atoms with van der Waals surface area (Å²) in [6.45, 7) is 3.46. The molecular formula is C11H16N2O5. The Kier molecular flexibility index (Phi) is 4.43. The van der Waals surface area contributed by atoms with Gasteiger partial charge in [-0.1, -0.05) is 5.16 Å². The molecule has 0 unspecified atom stereocenters. The van der Waals surface area contributed by atoms with Gasteiger partial charge in [-0.05, 0) is 13.8 Å². The maximum absolute atomic E-state index is 11.8. The number of carbonyl (C=O) groups is 2. The highest BCUT2D eigenvalue weighted by Gasteiger charge is 2.25. The summed E-state index contributed by atoms with van der Waals surface area (Å²) in [6.07, 6.45) is -0.179. The van der Waals surface area contributed by atoms with Crippen LogP contribution < -0.4 is 5.32 Å². The third-order valence-electron chi connectivity index (χ3n) is 2.12. The summed E-state index contributed by atoms with van der Waals surface area (Å²) in [4.78, 5) is 22.4. The molecule has 1 aromatic rings. The molecule has 1 aromatic heterocycles. The first kappa shape index (κ1) is 14.2. The number of rotatable bonds is 6. The normalized spacial score (nSPS) is 11.3. The Morgan fingerprint density at radius 3 is 2.78 bits per heavy atom. The molecule has 0 atom stereocenters. The topological polar surface area (TPSA) is 102 Å². The Bertz CT molecular complexity index is 438. The first-order valence-electron chi connectivity index (χ1n) is 5.33. The Morgan fingerprint density at radius 2 is 2.22 bits per heavy atom. The second kappa shape index (κ2) is 5.63. The van der Waals surface area contributed by atoms with Crippen LogP contribution in [0.15, 0.2) is 10.6 Å². The molecule has 0 aliphatic heterocycles. The van der Waals surface area contributed by atoms with Crippen LogP contribution in [0, 0.1) is 0 Å². The largest absolute Gasteiger partial charge is 0.481 e. The molecule has 0 radical (unpaired) electrons. The summed E-state index contributed by atoms with van der Waals surface area (Å²) in [5, 5.41) is 14.9. The molecule has 0 saturated carbocycles. The van der Waals surface area contributed by atoms with Gasteiger partial charge in [0, 0.05) is 18.7 Å². The summed E-state index contributed by atoms with van der Waals surface area (Å²) in [5.41, 5.74) is -0.760. The number of aromatic nitrogens is 1. The molecule has 0 bridgehead atoms. The van der Waals surface area contributed by atoms with Gasteiger partial charge < -0.3 is 19.7 Å². The van der Waals surface area contributed by atoms with Crippen LogP contribution in [0.3, 0.4) is 0 Å². The van der Waals surface area contributed by atoms with Crippen LogP contribution in [0.25, 0.3) is 0 Å². The van der Waals surface area contributed by atoms with Crippen molar-refractivity contribution in [2.24, 2.45) is 0 Å². The summed E-state index contributed by atoms with van der Waals surface area (Å²) >= 11 is 0. The van der Waals surface area contributed by atoms with Crippen molar-refractivity contribution in [3.63, 3.8) is 0 Å². The summed E-state index contributed by atoms with van der Waals surface area (Å²) in [5.74, 6) is -1.04. The van der Waals surface area contributed by atoms with Crippen LogP contribution in [-0.4, -0.2) is 34.8 Å². The van der Waals surface area contributed by atoms with Crippen LogP contribution in [0.2, 0.25) is 0 Å². The number of hydrogen-bond donors (Lipinski definition) is 2. The van der Waals surface area contributed by atoms with E-state index in [0.717, 1.165) is 0 Å². The van der Waals surface area contributed by atoms with E-state index < -0.39 is 17.4 Å². The van der Waals surface area contributed by atoms with E-state index in [9.17, 15) is 9.59 Å². The zero-order valence-electron chi connectivity index (χ0n) is 10.5. The van der Waals surface area contributed by atoms with Crippen molar-refractivity contribution in [1.29, 1.82) is 0 Å². The average Bonchev–Trinajstić information content (AvgIpc) is 2.63. The number of nitrogens with one attached hydrogen (secondary N) is 1. The number of carbonyl (C=O) groups excluding carboxylic acids is 1. The lowest BCUT2D eigenvalue weighted by Gasteiger charge is -2.23. The SMILES string of the molecule is COCc1cc(C(=O)NC(C)(C)CC(=O)O)no1. The van der Waals surface area contributed by atoms with Gasteiger partial charge in [-0.25, -0.2) is 0 Å². The smallest absolute Gasteiger partial charge is 0.305 e. The van der Waals surface area contributed by atoms with Gasteiger partial charge in [0.05, 0.1) is 6.42 Å². The molecule has 0 aliphatic rings. The Balaban J connectivity index is 2.66. The minimum absolute atomic E-state index is 0.0977. The molecule has 0 saturated heterocycles. The zero-order valence-corrected chi connectivity index (χ0v) is 10.5. The fourth-order valence-electron chi connectivity index (χ4n) is 1.42. The highest BCUT2D eigenvalue weighted by molar-refractivity contribution is 5.93. The molecule has 18 heavy (non-hydrogen) atoms. The molecule has 0 aromatic carbocycles. The maximum Gasteiger partial charge on any atom is 0.305 e. The monoisotopic (exact) mass is 256 g/mol. The lowest BCUT2D eigenvalue weighted by Crippen LogP contribution is -2.45. The molecule has 100 valence electrons. The lowest BCUT2D eigenvalue weighted by molar-refractivity contribution is -0.138. The second-order valence-corrected chi connectivity index (χ2v) is 4.52. The molecule has 0 spiro atoms. The number of amides is 1. The summed E-state index contributed by atoms with van der Waals surface area (Å²) < 4.78 is 9.70. The third-order valence-corrected chi connectivity index (χ3v) is 2.12. The number of ether oxygens (including phenoxy) is 1. The van der Waals surface area contributed by atoms with E-state index in [1.165, 1.54) is 13.2 Å². The van der Waals surface area contributed by atoms with Crippen LogP contribution in [-0.2, 0) is 16.1 Å². The number of methoxy groups -OCH3 is 1. The third kappa shape index (κ3) is 4.17. The first-order chi connectivity index (χ1) is 8.34. The quantitative estimate of drug-likeness (QED) is 0.780. The van der Waals surface area contributed by atoms with Crippen LogP contribution >= 0.6 is 0 Å². The highest BCUT2D eigenvalue weighted by Crippen LogP contribution is 2.11. The van der Waals surface area contributed by atoms with Crippen LogP contribution in [0.1, 0.15) is 36.5 Å². The molecule has 0 aliphatic carbocycles. The molecular weight excluding hydrogens is 240 g/mol. The van der Waals surface area contributed by atoms with E-state index in [1.807, 2.05) is 0 Å². The van der Waals surface area contributed by atoms with Crippen molar-refractivity contribution in [3.8, 4) is 0 Å². The van der Waals surface area contributed by atoms with Gasteiger partial charge in [0.15, 0.2) is 11.5 Å². The van der Waals surface area contributed by atoms with E-state index in [2.05, 4.69) is 10.5 Å². The van der Waals surface area contributed by atoms with Crippen molar-refractivity contribution >= 4 is 11.9 Å². The van der Waals surface area contributed by atoms with Crippen molar-refractivity contribution in [3.05, 3.63) is 17.5 Å². The second-order valence-electron chi connectivity index (χ2n) is 4.52. The van der Waals surface area contributed by atoms with Gasteiger partial charge in [-0.15, -0.1) is 0 Å². The number of aliphatic carboxylic acids is 1. The molecule has 7 heteroatoms. The van der Waals surface area contributed by atoms with Gasteiger partial charge in [0.2, 0.25) is 0 Å².